The number of ether oxygens (including phenoxy) is 2. The van der Waals surface area contributed by atoms with Gasteiger partial charge in [0.1, 0.15) is 18.1 Å². The second-order valence-corrected chi connectivity index (χ2v) is 10.8. The van der Waals surface area contributed by atoms with Crippen LogP contribution < -0.4 is 4.74 Å². The van der Waals surface area contributed by atoms with Crippen LogP contribution in [0.25, 0.3) is 0 Å². The number of amides is 1. The number of sulfonamides is 1. The molecule has 0 radical (unpaired) electrons. The highest BCUT2D eigenvalue weighted by molar-refractivity contribution is 7.89. The highest BCUT2D eigenvalue weighted by Gasteiger charge is 2.40. The second kappa shape index (κ2) is 9.52. The fraction of sp³-hybridized carbons (Fsp3) is 0.400. The Balaban J connectivity index is 1.27. The van der Waals surface area contributed by atoms with Crippen LogP contribution in [0.1, 0.15) is 40.7 Å². The maximum Gasteiger partial charge on any atom is 0.255 e. The largest absolute Gasteiger partial charge is 0.489 e. The summed E-state index contributed by atoms with van der Waals surface area (Å²) in [6.07, 6.45) is 0.538. The van der Waals surface area contributed by atoms with Crippen LogP contribution >= 0.6 is 0 Å². The monoisotopic (exact) mass is 498 g/mol. The fourth-order valence-corrected chi connectivity index (χ4v) is 6.16. The minimum Gasteiger partial charge on any atom is -0.489 e. The van der Waals surface area contributed by atoms with Gasteiger partial charge in [-0.2, -0.15) is 4.31 Å². The summed E-state index contributed by atoms with van der Waals surface area (Å²) in [6, 6.07) is 11.2. The molecule has 1 unspecified atom stereocenters. The molecule has 0 N–H and O–H groups in total. The lowest BCUT2D eigenvalue weighted by Gasteiger charge is -2.29. The van der Waals surface area contributed by atoms with Gasteiger partial charge in [-0.1, -0.05) is 18.2 Å². The Kier molecular flexibility index (Phi) is 6.43. The molecule has 2 aromatic carbocycles. The Morgan fingerprint density at radius 2 is 1.74 bits per heavy atom. The van der Waals surface area contributed by atoms with Crippen LogP contribution in [0.15, 0.2) is 47.4 Å². The van der Waals surface area contributed by atoms with E-state index in [1.54, 1.807) is 42.5 Å². The van der Waals surface area contributed by atoms with Crippen LogP contribution in [0.4, 0.5) is 0 Å². The minimum atomic E-state index is -3.56. The summed E-state index contributed by atoms with van der Waals surface area (Å²) in [4.78, 5) is 38.7. The number of morpholine rings is 1. The lowest BCUT2D eigenvalue weighted by molar-refractivity contribution is -0.133. The number of nitrogens with zero attached hydrogens (tertiary/aromatic N) is 2. The van der Waals surface area contributed by atoms with E-state index in [1.807, 2.05) is 0 Å². The van der Waals surface area contributed by atoms with Crippen LogP contribution in [-0.4, -0.2) is 67.4 Å². The predicted molar refractivity (Wildman–Crippen MR) is 124 cm³/mol. The number of Topliss-reactive ketones (excluding diaryl/α,β-unsaturated/α-hetero) is 2. The molecule has 35 heavy (non-hydrogen) atoms. The number of hydrogen-bond donors (Lipinski definition) is 0. The first kappa shape index (κ1) is 23.7. The van der Waals surface area contributed by atoms with Gasteiger partial charge >= 0.3 is 0 Å². The van der Waals surface area contributed by atoms with E-state index in [2.05, 4.69) is 0 Å². The van der Waals surface area contributed by atoms with Gasteiger partial charge in [0, 0.05) is 30.6 Å². The predicted octanol–water partition coefficient (Wildman–Crippen LogP) is 1.93. The molecule has 1 amide bonds. The molecule has 3 aliphatic rings. The van der Waals surface area contributed by atoms with Crippen molar-refractivity contribution in [2.45, 2.75) is 43.4 Å². The maximum absolute atomic E-state index is 13.0. The third kappa shape index (κ3) is 4.61. The number of carbonyl (C=O) groups is 3. The lowest BCUT2D eigenvalue weighted by atomic mass is 9.92. The summed E-state index contributed by atoms with van der Waals surface area (Å²) in [6.45, 7) is 1.90. The number of ketones is 2. The van der Waals surface area contributed by atoms with E-state index in [9.17, 15) is 22.8 Å². The number of benzene rings is 2. The van der Waals surface area contributed by atoms with Crippen molar-refractivity contribution in [3.05, 3.63) is 59.2 Å². The summed E-state index contributed by atoms with van der Waals surface area (Å²) in [5.41, 5.74) is 2.00. The van der Waals surface area contributed by atoms with Gasteiger partial charge in [-0.15, -0.1) is 0 Å². The smallest absolute Gasteiger partial charge is 0.255 e. The molecule has 0 aromatic heterocycles. The Hall–Kier alpha value is -3.08. The molecule has 2 aromatic rings. The molecule has 0 bridgehead atoms. The van der Waals surface area contributed by atoms with Crippen LogP contribution in [0.3, 0.4) is 0 Å². The molecule has 1 saturated heterocycles. The van der Waals surface area contributed by atoms with Gasteiger partial charge in [-0.3, -0.25) is 14.4 Å². The van der Waals surface area contributed by atoms with Crippen LogP contribution in [0.5, 0.6) is 5.75 Å². The van der Waals surface area contributed by atoms with Crippen molar-refractivity contribution >= 4 is 27.5 Å². The summed E-state index contributed by atoms with van der Waals surface area (Å²) < 4.78 is 38.3. The van der Waals surface area contributed by atoms with Gasteiger partial charge in [-0.25, -0.2) is 8.42 Å². The van der Waals surface area contributed by atoms with E-state index in [1.165, 1.54) is 9.21 Å². The van der Waals surface area contributed by atoms with E-state index in [-0.39, 0.29) is 41.9 Å². The maximum atomic E-state index is 13.0. The van der Waals surface area contributed by atoms with Crippen LogP contribution in [0, 0.1) is 0 Å². The second-order valence-electron chi connectivity index (χ2n) is 8.90. The van der Waals surface area contributed by atoms with Crippen molar-refractivity contribution in [2.24, 2.45) is 0 Å². The van der Waals surface area contributed by atoms with Crippen molar-refractivity contribution in [1.82, 2.24) is 9.21 Å². The molecule has 2 fully saturated rings. The summed E-state index contributed by atoms with van der Waals surface area (Å²) in [5, 5.41) is 0. The molecule has 2 heterocycles. The molecule has 5 rings (SSSR count). The van der Waals surface area contributed by atoms with E-state index >= 15 is 0 Å². The van der Waals surface area contributed by atoms with E-state index in [0.29, 0.717) is 56.0 Å². The van der Waals surface area contributed by atoms with Crippen LogP contribution in [-0.2, 0) is 37.5 Å². The SMILES string of the molecule is O=C1CCC(N2Cc3c(OCc4ccc(S(=O)(=O)N5CCOCC5)cc4)cccc3C2=O)C(=O)C1. The average Bonchev–Trinajstić information content (AvgIpc) is 3.20. The van der Waals surface area contributed by atoms with Gasteiger partial charge in [0.25, 0.3) is 5.91 Å². The summed E-state index contributed by atoms with van der Waals surface area (Å²) in [5.74, 6) is 0.0266. The Bertz CT molecular complexity index is 1270. The highest BCUT2D eigenvalue weighted by atomic mass is 32.2. The molecule has 1 atom stereocenters. The van der Waals surface area contributed by atoms with Gasteiger partial charge in [0.2, 0.25) is 10.0 Å². The molecule has 10 heteroatoms. The highest BCUT2D eigenvalue weighted by Crippen LogP contribution is 2.34. The summed E-state index contributed by atoms with van der Waals surface area (Å²) in [7, 11) is -3.56. The third-order valence-corrected chi connectivity index (χ3v) is 8.61. The zero-order valence-corrected chi connectivity index (χ0v) is 20.0. The molecule has 184 valence electrons. The third-order valence-electron chi connectivity index (χ3n) is 6.69. The zero-order chi connectivity index (χ0) is 24.6. The van der Waals surface area contributed by atoms with Gasteiger partial charge < -0.3 is 14.4 Å². The zero-order valence-electron chi connectivity index (χ0n) is 19.1. The lowest BCUT2D eigenvalue weighted by Crippen LogP contribution is -2.44. The number of fused-ring (bicyclic) bond motifs is 1. The Morgan fingerprint density at radius 1 is 1.00 bits per heavy atom. The minimum absolute atomic E-state index is 0.0804. The van der Waals surface area contributed by atoms with Gasteiger partial charge in [0.15, 0.2) is 5.78 Å². The topological polar surface area (TPSA) is 110 Å². The molecule has 9 nitrogen and oxygen atoms in total. The molecular formula is C25H26N2O7S. The van der Waals surface area contributed by atoms with Crippen molar-refractivity contribution < 1.29 is 32.3 Å². The molecule has 0 spiro atoms. The van der Waals surface area contributed by atoms with E-state index in [0.717, 1.165) is 5.56 Å². The first-order chi connectivity index (χ1) is 16.8. The molecule has 1 saturated carbocycles. The van der Waals surface area contributed by atoms with Crippen LogP contribution in [0.2, 0.25) is 0 Å². The van der Waals surface area contributed by atoms with Gasteiger partial charge in [-0.05, 0) is 36.2 Å². The standard InChI is InChI=1S/C25H26N2O7S/c28-18-6-9-22(23(29)14-18)27-15-21-20(25(27)30)2-1-3-24(21)34-16-17-4-7-19(8-5-17)35(31,32)26-10-12-33-13-11-26/h1-5,7-8,22H,6,9-16H2. The molecular weight excluding hydrogens is 472 g/mol. The average molecular weight is 499 g/mol. The number of carbonyl (C=O) groups excluding carboxylic acids is 3. The first-order valence-corrected chi connectivity index (χ1v) is 13.1. The quantitative estimate of drug-likeness (QED) is 0.560. The van der Waals surface area contributed by atoms with Crippen molar-refractivity contribution in [2.75, 3.05) is 26.3 Å². The number of rotatable bonds is 6. The van der Waals surface area contributed by atoms with Gasteiger partial charge in [0.05, 0.1) is 37.1 Å². The summed E-state index contributed by atoms with van der Waals surface area (Å²) >= 11 is 0. The van der Waals surface area contributed by atoms with Crippen molar-refractivity contribution in [3.63, 3.8) is 0 Å². The first-order valence-electron chi connectivity index (χ1n) is 11.6. The Labute approximate surface area is 203 Å². The fourth-order valence-electron chi connectivity index (χ4n) is 4.76. The van der Waals surface area contributed by atoms with E-state index < -0.39 is 16.1 Å². The molecule has 1 aliphatic carbocycles. The van der Waals surface area contributed by atoms with Crippen molar-refractivity contribution in [3.8, 4) is 5.75 Å². The number of hydrogen-bond acceptors (Lipinski definition) is 7. The molecule has 2 aliphatic heterocycles. The Morgan fingerprint density at radius 3 is 2.46 bits per heavy atom. The van der Waals surface area contributed by atoms with E-state index in [4.69, 9.17) is 9.47 Å². The van der Waals surface area contributed by atoms with Crippen molar-refractivity contribution in [1.29, 1.82) is 0 Å². The normalized spacial score (nSPS) is 21.3.